The molecule has 0 aliphatic carbocycles. The third kappa shape index (κ3) is 3.83. The van der Waals surface area contributed by atoms with Gasteiger partial charge in [-0.1, -0.05) is 0 Å². The lowest BCUT2D eigenvalue weighted by Gasteiger charge is -2.16. The summed E-state index contributed by atoms with van der Waals surface area (Å²) in [6.45, 7) is -0.244. The lowest BCUT2D eigenvalue weighted by molar-refractivity contribution is 0.0204. The van der Waals surface area contributed by atoms with Gasteiger partial charge in [0.1, 0.15) is 18.8 Å². The number of thiol groups is 1. The molecule has 1 rings (SSSR count). The Balaban J connectivity index is 2.38. The van der Waals surface area contributed by atoms with Crippen LogP contribution in [0.4, 0.5) is 4.39 Å². The van der Waals surface area contributed by atoms with Gasteiger partial charge in [0.05, 0.1) is 18.9 Å². The highest BCUT2D eigenvalue weighted by Gasteiger charge is 2.41. The van der Waals surface area contributed by atoms with E-state index in [4.69, 9.17) is 19.0 Å². The predicted octanol–water partition coefficient (Wildman–Crippen LogP) is 0.507. The second-order valence-corrected chi connectivity index (χ2v) is 5.92. The average Bonchev–Trinajstić information content (AvgIpc) is 2.41. The van der Waals surface area contributed by atoms with Gasteiger partial charge in [-0.2, -0.15) is 14.3 Å². The third-order valence-corrected chi connectivity index (χ3v) is 2.92. The molecule has 0 saturated carbocycles. The van der Waals surface area contributed by atoms with Crippen LogP contribution in [0.25, 0.3) is 0 Å². The van der Waals surface area contributed by atoms with E-state index in [1.54, 1.807) is 0 Å². The Labute approximate surface area is 89.0 Å². The van der Waals surface area contributed by atoms with Crippen molar-refractivity contribution in [2.24, 2.45) is 0 Å². The van der Waals surface area contributed by atoms with Gasteiger partial charge in [0, 0.05) is 9.47 Å². The van der Waals surface area contributed by atoms with Crippen molar-refractivity contribution in [1.82, 2.24) is 0 Å². The van der Waals surface area contributed by atoms with Crippen molar-refractivity contribution in [2.45, 2.75) is 18.4 Å². The molecule has 1 saturated heterocycles. The molecule has 0 bridgehead atoms. The maximum absolute atomic E-state index is 13.0. The number of alkyl halides is 1. The SMILES string of the molecule is O[P+](O)(S)OC[C@H]1OC[C@@H](F)[C@@H]1OP. The number of hydrogen-bond donors (Lipinski definition) is 3. The molecule has 0 aromatic rings. The molecule has 14 heavy (non-hydrogen) atoms. The fourth-order valence-corrected chi connectivity index (χ4v) is 2.02. The van der Waals surface area contributed by atoms with E-state index >= 15 is 0 Å². The lowest BCUT2D eigenvalue weighted by atomic mass is 10.2. The van der Waals surface area contributed by atoms with Crippen LogP contribution in [0, 0.1) is 0 Å². The summed E-state index contributed by atoms with van der Waals surface area (Å²) in [5, 5.41) is 0. The van der Waals surface area contributed by atoms with Gasteiger partial charge in [-0.15, -0.1) is 0 Å². The maximum Gasteiger partial charge on any atom is 0.472 e. The largest absolute Gasteiger partial charge is 0.472 e. The Morgan fingerprint density at radius 1 is 1.64 bits per heavy atom. The van der Waals surface area contributed by atoms with Crippen LogP contribution in [-0.4, -0.2) is 41.4 Å². The van der Waals surface area contributed by atoms with Gasteiger partial charge in [-0.05, 0) is 0 Å². The molecule has 4 atom stereocenters. The van der Waals surface area contributed by atoms with E-state index in [9.17, 15) is 4.39 Å². The molecule has 1 aliphatic heterocycles. The fourth-order valence-electron chi connectivity index (χ4n) is 1.13. The summed E-state index contributed by atoms with van der Waals surface area (Å²) in [4.78, 5) is 17.6. The maximum atomic E-state index is 13.0. The van der Waals surface area contributed by atoms with Gasteiger partial charge in [0.15, 0.2) is 6.17 Å². The van der Waals surface area contributed by atoms with Crippen molar-refractivity contribution < 1.29 is 28.0 Å². The zero-order valence-electron chi connectivity index (χ0n) is 7.12. The van der Waals surface area contributed by atoms with Crippen molar-refractivity contribution in [3.63, 3.8) is 0 Å². The van der Waals surface area contributed by atoms with E-state index in [2.05, 4.69) is 16.8 Å². The monoisotopic (exact) mass is 265 g/mol. The Morgan fingerprint density at radius 3 is 2.79 bits per heavy atom. The topological polar surface area (TPSA) is 68.2 Å². The van der Waals surface area contributed by atoms with Crippen LogP contribution in [0.15, 0.2) is 0 Å². The van der Waals surface area contributed by atoms with Crippen LogP contribution >= 0.6 is 28.9 Å². The molecule has 0 amide bonds. The van der Waals surface area contributed by atoms with E-state index in [1.807, 2.05) is 9.47 Å². The summed E-state index contributed by atoms with van der Waals surface area (Å²) in [5.74, 6) is 0. The number of rotatable bonds is 4. The Hall–Kier alpha value is 0.940. The first-order valence-electron chi connectivity index (χ1n) is 3.77. The Bertz CT molecular complexity index is 191. The highest BCUT2D eigenvalue weighted by molar-refractivity contribution is 8.47. The molecule has 84 valence electrons. The molecule has 0 aromatic heterocycles. The molecule has 9 heteroatoms. The number of halogens is 1. The summed E-state index contributed by atoms with van der Waals surface area (Å²) >= 11 is 3.41. The van der Waals surface area contributed by atoms with E-state index in [1.165, 1.54) is 0 Å². The number of ether oxygens (including phenoxy) is 1. The highest BCUT2D eigenvalue weighted by atomic mass is 32.7. The van der Waals surface area contributed by atoms with Crippen LogP contribution in [0.1, 0.15) is 0 Å². The minimum absolute atomic E-state index is 0.0814. The quantitative estimate of drug-likeness (QED) is 0.510. The molecule has 2 N–H and O–H groups in total. The molecule has 1 fully saturated rings. The van der Waals surface area contributed by atoms with Crippen LogP contribution in [0.3, 0.4) is 0 Å². The van der Waals surface area contributed by atoms with Gasteiger partial charge < -0.3 is 9.26 Å². The smallest absolute Gasteiger partial charge is 0.370 e. The summed E-state index contributed by atoms with van der Waals surface area (Å²) in [7, 11) is -1.65. The van der Waals surface area contributed by atoms with Crippen LogP contribution in [0.5, 0.6) is 0 Å². The first-order chi connectivity index (χ1) is 6.44. The lowest BCUT2D eigenvalue weighted by Crippen LogP contribution is -2.31. The molecular weight excluding hydrogens is 253 g/mol. The zero-order valence-corrected chi connectivity index (χ0v) is 10.1. The van der Waals surface area contributed by atoms with Crippen molar-refractivity contribution >= 4 is 28.9 Å². The molecule has 0 radical (unpaired) electrons. The van der Waals surface area contributed by atoms with Gasteiger partial charge in [0.2, 0.25) is 0 Å². The molecule has 0 aromatic carbocycles. The summed E-state index contributed by atoms with van der Waals surface area (Å²) in [6, 6.07) is 0. The molecule has 1 aliphatic rings. The third-order valence-electron chi connectivity index (χ3n) is 1.76. The molecule has 1 unspecified atom stereocenters. The minimum Gasteiger partial charge on any atom is -0.370 e. The first kappa shape index (κ1) is 13.0. The molecule has 1 heterocycles. The van der Waals surface area contributed by atoms with E-state index in [-0.39, 0.29) is 13.2 Å². The number of hydrogen-bond acceptors (Lipinski definition) is 6. The first-order valence-corrected chi connectivity index (χ1v) is 7.00. The van der Waals surface area contributed by atoms with Crippen molar-refractivity contribution in [2.75, 3.05) is 13.2 Å². The van der Waals surface area contributed by atoms with Crippen LogP contribution in [0.2, 0.25) is 0 Å². The van der Waals surface area contributed by atoms with Crippen molar-refractivity contribution in [1.29, 1.82) is 0 Å². The van der Waals surface area contributed by atoms with Crippen molar-refractivity contribution in [3.8, 4) is 0 Å². The van der Waals surface area contributed by atoms with Gasteiger partial charge in [0.25, 0.3) is 0 Å². The standard InChI is InChI=1S/C5H12FO5P2S/c6-3-1-9-4(5(3)11-12)2-10-13(7,8)14/h3-5,7-8,14H,1-2,12H2/q+1/t3-,4-,5+/m1/s1. The molecule has 0 spiro atoms. The predicted molar refractivity (Wildman–Crippen MR) is 55.5 cm³/mol. The normalized spacial score (nSPS) is 33.6. The molecule has 5 nitrogen and oxygen atoms in total. The summed E-state index contributed by atoms with van der Waals surface area (Å²) < 4.78 is 27.4. The Morgan fingerprint density at radius 2 is 2.29 bits per heavy atom. The minimum atomic E-state index is -3.60. The summed E-state index contributed by atoms with van der Waals surface area (Å²) in [5.41, 5.74) is 0. The second kappa shape index (κ2) is 5.32. The highest BCUT2D eigenvalue weighted by Crippen LogP contribution is 2.56. The van der Waals surface area contributed by atoms with E-state index in [0.717, 1.165) is 0 Å². The second-order valence-electron chi connectivity index (χ2n) is 2.80. The fraction of sp³-hybridized carbons (Fsp3) is 1.00. The van der Waals surface area contributed by atoms with Crippen LogP contribution in [-0.2, 0) is 13.8 Å². The van der Waals surface area contributed by atoms with E-state index in [0.29, 0.717) is 0 Å². The zero-order chi connectivity index (χ0) is 10.8. The van der Waals surface area contributed by atoms with Gasteiger partial charge in [-0.25, -0.2) is 4.39 Å². The molecular formula is C5H12FO5P2S+. The van der Waals surface area contributed by atoms with Crippen LogP contribution < -0.4 is 0 Å². The van der Waals surface area contributed by atoms with Crippen molar-refractivity contribution in [3.05, 3.63) is 0 Å². The average molecular weight is 265 g/mol. The summed E-state index contributed by atoms with van der Waals surface area (Å²) in [6.07, 6.45) is -2.64. The van der Waals surface area contributed by atoms with Gasteiger partial charge >= 0.3 is 7.15 Å². The Kier molecular flexibility index (Phi) is 4.95. The van der Waals surface area contributed by atoms with Gasteiger partial charge in [-0.3, -0.25) is 0 Å². The van der Waals surface area contributed by atoms with E-state index < -0.39 is 25.5 Å².